The third-order valence-electron chi connectivity index (χ3n) is 2.75. The molecule has 1 heterocycles. The first-order valence-corrected chi connectivity index (χ1v) is 7.41. The molecule has 6 nitrogen and oxygen atoms in total. The monoisotopic (exact) mass is 280 g/mol. The highest BCUT2D eigenvalue weighted by Gasteiger charge is 2.13. The lowest BCUT2D eigenvalue weighted by molar-refractivity contribution is 0.580. The molecule has 0 saturated heterocycles. The maximum Gasteiger partial charge on any atom is 0.216 e. The number of benzene rings is 1. The van der Waals surface area contributed by atoms with E-state index >= 15 is 0 Å². The molecule has 0 aliphatic rings. The second-order valence-electron chi connectivity index (χ2n) is 4.24. The Bertz CT molecular complexity index is 650. The van der Waals surface area contributed by atoms with Crippen molar-refractivity contribution in [3.63, 3.8) is 0 Å². The van der Waals surface area contributed by atoms with Crippen molar-refractivity contribution in [1.82, 2.24) is 14.5 Å². The Balaban J connectivity index is 2.00. The molecule has 0 aliphatic heterocycles. The average molecular weight is 280 g/mol. The normalized spacial score (nSPS) is 11.6. The van der Waals surface area contributed by atoms with E-state index in [1.165, 1.54) is 4.68 Å². The quantitative estimate of drug-likeness (QED) is 0.840. The minimum absolute atomic E-state index is 0.0476. The topological polar surface area (TPSA) is 90.0 Å². The number of rotatable bonds is 5. The van der Waals surface area contributed by atoms with Crippen LogP contribution in [-0.2, 0) is 29.4 Å². The van der Waals surface area contributed by atoms with Crippen LogP contribution in [0.1, 0.15) is 11.1 Å². The number of nitrogen functional groups attached to an aromatic ring is 1. The van der Waals surface area contributed by atoms with Crippen LogP contribution in [0.25, 0.3) is 0 Å². The van der Waals surface area contributed by atoms with Gasteiger partial charge in [0.2, 0.25) is 10.0 Å². The zero-order chi connectivity index (χ0) is 13.9. The molecule has 2 rings (SSSR count). The van der Waals surface area contributed by atoms with Gasteiger partial charge in [-0.1, -0.05) is 30.3 Å². The van der Waals surface area contributed by atoms with E-state index in [0.717, 1.165) is 5.56 Å². The van der Waals surface area contributed by atoms with Gasteiger partial charge in [0, 0.05) is 19.2 Å². The van der Waals surface area contributed by atoms with Crippen LogP contribution in [-0.4, -0.2) is 18.2 Å². The highest BCUT2D eigenvalue weighted by Crippen LogP contribution is 2.10. The average Bonchev–Trinajstić information content (AvgIpc) is 2.68. The number of nitrogens with zero attached hydrogens (tertiary/aromatic N) is 2. The van der Waals surface area contributed by atoms with E-state index in [1.807, 2.05) is 18.2 Å². The van der Waals surface area contributed by atoms with Gasteiger partial charge in [0.1, 0.15) is 5.82 Å². The van der Waals surface area contributed by atoms with Crippen molar-refractivity contribution in [1.29, 1.82) is 0 Å². The van der Waals surface area contributed by atoms with Gasteiger partial charge in [0.05, 0.1) is 11.9 Å². The molecule has 0 radical (unpaired) electrons. The van der Waals surface area contributed by atoms with Gasteiger partial charge in [-0.25, -0.2) is 13.1 Å². The molecule has 19 heavy (non-hydrogen) atoms. The minimum Gasteiger partial charge on any atom is -0.384 e. The zero-order valence-corrected chi connectivity index (χ0v) is 11.4. The van der Waals surface area contributed by atoms with E-state index in [0.29, 0.717) is 11.4 Å². The Morgan fingerprint density at radius 2 is 2.00 bits per heavy atom. The first-order chi connectivity index (χ1) is 8.98. The van der Waals surface area contributed by atoms with Gasteiger partial charge in [-0.2, -0.15) is 5.10 Å². The van der Waals surface area contributed by atoms with E-state index in [-0.39, 0.29) is 12.3 Å². The summed E-state index contributed by atoms with van der Waals surface area (Å²) >= 11 is 0. The van der Waals surface area contributed by atoms with Crippen molar-refractivity contribution >= 4 is 15.8 Å². The molecule has 2 aromatic rings. The molecule has 0 bridgehead atoms. The van der Waals surface area contributed by atoms with Crippen LogP contribution in [0.2, 0.25) is 0 Å². The summed E-state index contributed by atoms with van der Waals surface area (Å²) in [5, 5.41) is 3.96. The molecule has 0 aliphatic carbocycles. The van der Waals surface area contributed by atoms with E-state index in [1.54, 1.807) is 25.4 Å². The second-order valence-corrected chi connectivity index (χ2v) is 6.05. The molecule has 1 aromatic heterocycles. The maximum atomic E-state index is 11.9. The molecule has 3 N–H and O–H groups in total. The lowest BCUT2D eigenvalue weighted by Gasteiger charge is -2.06. The first kappa shape index (κ1) is 13.6. The third kappa shape index (κ3) is 3.55. The van der Waals surface area contributed by atoms with E-state index in [4.69, 9.17) is 5.73 Å². The Morgan fingerprint density at radius 3 is 2.58 bits per heavy atom. The molecular weight excluding hydrogens is 264 g/mol. The summed E-state index contributed by atoms with van der Waals surface area (Å²) in [7, 11) is -1.68. The third-order valence-corrected chi connectivity index (χ3v) is 4.04. The molecule has 0 saturated carbocycles. The molecule has 0 atom stereocenters. The van der Waals surface area contributed by atoms with Crippen LogP contribution in [0.3, 0.4) is 0 Å². The molecule has 0 amide bonds. The lowest BCUT2D eigenvalue weighted by Crippen LogP contribution is -2.25. The van der Waals surface area contributed by atoms with Crippen molar-refractivity contribution in [2.24, 2.45) is 7.05 Å². The molecular formula is C12H16N4O2S. The SMILES string of the molecule is Cn1ncc(CNS(=O)(=O)Cc2ccccc2)c1N. The van der Waals surface area contributed by atoms with E-state index in [9.17, 15) is 8.42 Å². The Labute approximate surface area is 112 Å². The highest BCUT2D eigenvalue weighted by atomic mass is 32.2. The van der Waals surface area contributed by atoms with Crippen LogP contribution < -0.4 is 10.5 Å². The summed E-state index contributed by atoms with van der Waals surface area (Å²) in [6, 6.07) is 9.02. The van der Waals surface area contributed by atoms with Crippen LogP contribution in [0, 0.1) is 0 Å². The molecule has 1 aromatic carbocycles. The smallest absolute Gasteiger partial charge is 0.216 e. The van der Waals surface area contributed by atoms with Gasteiger partial charge < -0.3 is 5.73 Å². The number of hydrogen-bond donors (Lipinski definition) is 2. The standard InChI is InChI=1S/C12H16N4O2S/c1-16-12(13)11(7-14-16)8-15-19(17,18)9-10-5-3-2-4-6-10/h2-7,15H,8-9,13H2,1H3. The minimum atomic E-state index is -3.38. The Kier molecular flexibility index (Phi) is 3.87. The zero-order valence-electron chi connectivity index (χ0n) is 10.6. The molecule has 0 fully saturated rings. The molecule has 0 unspecified atom stereocenters. The van der Waals surface area contributed by atoms with Crippen LogP contribution in [0.15, 0.2) is 36.5 Å². The predicted octanol–water partition coefficient (Wildman–Crippen LogP) is 0.622. The number of aromatic nitrogens is 2. The van der Waals surface area contributed by atoms with Gasteiger partial charge in [-0.15, -0.1) is 0 Å². The number of anilines is 1. The van der Waals surface area contributed by atoms with Crippen molar-refractivity contribution in [2.75, 3.05) is 5.73 Å². The fourth-order valence-electron chi connectivity index (χ4n) is 1.66. The summed E-state index contributed by atoms with van der Waals surface area (Å²) in [6.45, 7) is 0.148. The maximum absolute atomic E-state index is 11.9. The largest absolute Gasteiger partial charge is 0.384 e. The molecule has 0 spiro atoms. The number of aryl methyl sites for hydroxylation is 1. The summed E-state index contributed by atoms with van der Waals surface area (Å²) in [5.74, 6) is 0.413. The van der Waals surface area contributed by atoms with Gasteiger partial charge in [-0.3, -0.25) is 4.68 Å². The van der Waals surface area contributed by atoms with E-state index in [2.05, 4.69) is 9.82 Å². The summed E-state index contributed by atoms with van der Waals surface area (Å²) in [4.78, 5) is 0. The number of sulfonamides is 1. The highest BCUT2D eigenvalue weighted by molar-refractivity contribution is 7.88. The summed E-state index contributed by atoms with van der Waals surface area (Å²) in [5.41, 5.74) is 7.16. The van der Waals surface area contributed by atoms with Crippen molar-refractivity contribution in [2.45, 2.75) is 12.3 Å². The second kappa shape index (κ2) is 5.41. The fraction of sp³-hybridized carbons (Fsp3) is 0.250. The van der Waals surface area contributed by atoms with Crippen LogP contribution in [0.5, 0.6) is 0 Å². The van der Waals surface area contributed by atoms with Crippen molar-refractivity contribution < 1.29 is 8.42 Å². The number of nitrogens with one attached hydrogen (secondary N) is 1. The van der Waals surface area contributed by atoms with Gasteiger partial charge in [-0.05, 0) is 5.56 Å². The van der Waals surface area contributed by atoms with Crippen molar-refractivity contribution in [3.8, 4) is 0 Å². The molecule has 102 valence electrons. The Hall–Kier alpha value is -1.86. The van der Waals surface area contributed by atoms with Gasteiger partial charge in [0.15, 0.2) is 0 Å². The number of hydrogen-bond acceptors (Lipinski definition) is 4. The first-order valence-electron chi connectivity index (χ1n) is 5.75. The van der Waals surface area contributed by atoms with Gasteiger partial charge in [0.25, 0.3) is 0 Å². The fourth-order valence-corrected chi connectivity index (χ4v) is 2.77. The van der Waals surface area contributed by atoms with Crippen LogP contribution in [0.4, 0.5) is 5.82 Å². The van der Waals surface area contributed by atoms with Gasteiger partial charge >= 0.3 is 0 Å². The summed E-state index contributed by atoms with van der Waals surface area (Å²) < 4.78 is 27.8. The summed E-state index contributed by atoms with van der Waals surface area (Å²) in [6.07, 6.45) is 1.56. The van der Waals surface area contributed by atoms with E-state index < -0.39 is 10.0 Å². The van der Waals surface area contributed by atoms with Crippen LogP contribution >= 0.6 is 0 Å². The molecule has 7 heteroatoms. The number of nitrogens with two attached hydrogens (primary N) is 1. The Morgan fingerprint density at radius 1 is 1.32 bits per heavy atom. The predicted molar refractivity (Wildman–Crippen MR) is 73.5 cm³/mol. The van der Waals surface area contributed by atoms with Crippen molar-refractivity contribution in [3.05, 3.63) is 47.7 Å². The lowest BCUT2D eigenvalue weighted by atomic mass is 10.2.